The van der Waals surface area contributed by atoms with Gasteiger partial charge in [-0.3, -0.25) is 4.79 Å². The molecule has 0 unspecified atom stereocenters. The number of aryl methyl sites for hydroxylation is 2. The number of carbonyl (C=O) groups excluding carboxylic acids is 1. The minimum absolute atomic E-state index is 0. The molecule has 1 saturated heterocycles. The third-order valence-corrected chi connectivity index (χ3v) is 5.66. The van der Waals surface area contributed by atoms with E-state index in [0.717, 1.165) is 43.8 Å². The molecule has 1 fully saturated rings. The Kier molecular flexibility index (Phi) is 6.08. The molecule has 0 spiro atoms. The van der Waals surface area contributed by atoms with Crippen LogP contribution in [0.3, 0.4) is 0 Å². The van der Waals surface area contributed by atoms with Gasteiger partial charge in [0.2, 0.25) is 0 Å². The Hall–Kier alpha value is -0.580. The molecule has 2 aliphatic rings. The molecular formula is C16H25ClN2OS. The second-order valence-electron chi connectivity index (χ2n) is 5.89. The number of thiophene rings is 1. The first-order chi connectivity index (χ1) is 9.79. The van der Waals surface area contributed by atoms with Gasteiger partial charge in [0.1, 0.15) is 0 Å². The molecule has 2 heterocycles. The third kappa shape index (κ3) is 3.61. The predicted molar refractivity (Wildman–Crippen MR) is 90.8 cm³/mol. The first-order valence-corrected chi connectivity index (χ1v) is 8.74. The van der Waals surface area contributed by atoms with E-state index in [1.54, 1.807) is 11.3 Å². The van der Waals surface area contributed by atoms with Crippen LogP contribution in [0, 0.1) is 0 Å². The molecule has 0 bridgehead atoms. The lowest BCUT2D eigenvalue weighted by atomic mass is 10.0. The number of halogens is 1. The summed E-state index contributed by atoms with van der Waals surface area (Å²) in [6, 6.07) is 2.60. The molecule has 21 heavy (non-hydrogen) atoms. The van der Waals surface area contributed by atoms with E-state index < -0.39 is 0 Å². The number of hydrogen-bond donors (Lipinski definition) is 1. The van der Waals surface area contributed by atoms with Crippen LogP contribution in [0.5, 0.6) is 0 Å². The number of nitrogens with zero attached hydrogens (tertiary/aromatic N) is 1. The van der Waals surface area contributed by atoms with Crippen molar-refractivity contribution in [1.82, 2.24) is 10.2 Å². The molecule has 3 nitrogen and oxygen atoms in total. The van der Waals surface area contributed by atoms with Crippen LogP contribution in [-0.4, -0.2) is 36.5 Å². The van der Waals surface area contributed by atoms with Gasteiger partial charge in [0.15, 0.2) is 0 Å². The van der Waals surface area contributed by atoms with E-state index in [-0.39, 0.29) is 18.3 Å². The number of fused-ring (bicyclic) bond motifs is 1. The van der Waals surface area contributed by atoms with Crippen molar-refractivity contribution in [1.29, 1.82) is 0 Å². The Balaban J connectivity index is 0.00000161. The monoisotopic (exact) mass is 328 g/mol. The first kappa shape index (κ1) is 16.8. The smallest absolute Gasteiger partial charge is 0.264 e. The molecule has 1 aromatic rings. The SMILES string of the molecule is CCCN(C(=O)c1cc2c(s1)CCC2)C1CCNCC1.Cl. The molecule has 0 atom stereocenters. The minimum Gasteiger partial charge on any atom is -0.335 e. The average molecular weight is 329 g/mol. The zero-order valence-corrected chi connectivity index (χ0v) is 14.3. The van der Waals surface area contributed by atoms with Crippen LogP contribution in [0.4, 0.5) is 0 Å². The van der Waals surface area contributed by atoms with Gasteiger partial charge in [-0.05, 0) is 63.2 Å². The lowest BCUT2D eigenvalue weighted by molar-refractivity contribution is 0.0647. The molecule has 0 saturated carbocycles. The highest BCUT2D eigenvalue weighted by Crippen LogP contribution is 2.32. The molecule has 1 N–H and O–H groups in total. The summed E-state index contributed by atoms with van der Waals surface area (Å²) in [7, 11) is 0. The molecule has 0 radical (unpaired) electrons. The maximum Gasteiger partial charge on any atom is 0.264 e. The molecule has 3 rings (SSSR count). The quantitative estimate of drug-likeness (QED) is 0.920. The van der Waals surface area contributed by atoms with Crippen molar-refractivity contribution >= 4 is 29.7 Å². The summed E-state index contributed by atoms with van der Waals surface area (Å²) < 4.78 is 0. The van der Waals surface area contributed by atoms with Crippen molar-refractivity contribution in [3.05, 3.63) is 21.4 Å². The van der Waals surface area contributed by atoms with Gasteiger partial charge in [0.05, 0.1) is 4.88 Å². The van der Waals surface area contributed by atoms with E-state index in [9.17, 15) is 4.79 Å². The third-order valence-electron chi connectivity index (χ3n) is 4.43. The van der Waals surface area contributed by atoms with E-state index in [2.05, 4.69) is 23.2 Å². The van der Waals surface area contributed by atoms with Crippen LogP contribution in [0.2, 0.25) is 0 Å². The van der Waals surface area contributed by atoms with Gasteiger partial charge in [-0.1, -0.05) is 6.92 Å². The number of amides is 1. The maximum absolute atomic E-state index is 12.9. The molecule has 1 amide bonds. The Morgan fingerprint density at radius 2 is 2.14 bits per heavy atom. The molecule has 1 aromatic heterocycles. The summed E-state index contributed by atoms with van der Waals surface area (Å²) in [4.78, 5) is 17.4. The lowest BCUT2D eigenvalue weighted by Gasteiger charge is -2.34. The van der Waals surface area contributed by atoms with Gasteiger partial charge in [0.25, 0.3) is 5.91 Å². The van der Waals surface area contributed by atoms with Crippen molar-refractivity contribution in [2.45, 2.75) is 51.5 Å². The van der Waals surface area contributed by atoms with Crippen molar-refractivity contribution in [3.8, 4) is 0 Å². The second kappa shape index (κ2) is 7.61. The predicted octanol–water partition coefficient (Wildman–Crippen LogP) is 3.26. The summed E-state index contributed by atoms with van der Waals surface area (Å²) in [6.07, 6.45) is 6.84. The number of rotatable bonds is 4. The summed E-state index contributed by atoms with van der Waals surface area (Å²) >= 11 is 1.74. The maximum atomic E-state index is 12.9. The summed E-state index contributed by atoms with van der Waals surface area (Å²) in [5.74, 6) is 0.276. The Morgan fingerprint density at radius 3 is 2.81 bits per heavy atom. The van der Waals surface area contributed by atoms with Gasteiger partial charge in [-0.2, -0.15) is 0 Å². The fraction of sp³-hybridized carbons (Fsp3) is 0.688. The van der Waals surface area contributed by atoms with Crippen LogP contribution in [-0.2, 0) is 12.8 Å². The number of hydrogen-bond acceptors (Lipinski definition) is 3. The number of nitrogens with one attached hydrogen (secondary N) is 1. The summed E-state index contributed by atoms with van der Waals surface area (Å²) in [5, 5.41) is 3.39. The van der Waals surface area contributed by atoms with E-state index >= 15 is 0 Å². The average Bonchev–Trinajstić information content (AvgIpc) is 3.06. The standard InChI is InChI=1S/C16H24N2OS.ClH/c1-2-10-18(13-6-8-17-9-7-13)16(19)15-11-12-4-3-5-14(12)20-15;/h11,13,17H,2-10H2,1H3;1H. The van der Waals surface area contributed by atoms with Crippen molar-refractivity contribution < 1.29 is 4.79 Å². The Bertz CT molecular complexity index is 461. The molecule has 118 valence electrons. The van der Waals surface area contributed by atoms with Gasteiger partial charge < -0.3 is 10.2 Å². The molecule has 5 heteroatoms. The highest BCUT2D eigenvalue weighted by atomic mass is 35.5. The normalized spacial score (nSPS) is 18.1. The molecular weight excluding hydrogens is 304 g/mol. The van der Waals surface area contributed by atoms with Crippen LogP contribution in [0.25, 0.3) is 0 Å². The van der Waals surface area contributed by atoms with Crippen molar-refractivity contribution in [2.24, 2.45) is 0 Å². The van der Waals surface area contributed by atoms with Crippen molar-refractivity contribution in [3.63, 3.8) is 0 Å². The van der Waals surface area contributed by atoms with Crippen LogP contribution in [0.15, 0.2) is 6.07 Å². The fourth-order valence-electron chi connectivity index (χ4n) is 3.39. The van der Waals surface area contributed by atoms with E-state index in [1.165, 1.54) is 29.7 Å². The highest BCUT2D eigenvalue weighted by molar-refractivity contribution is 7.14. The number of piperidine rings is 1. The van der Waals surface area contributed by atoms with Crippen molar-refractivity contribution in [2.75, 3.05) is 19.6 Å². The lowest BCUT2D eigenvalue weighted by Crippen LogP contribution is -2.46. The van der Waals surface area contributed by atoms with Gasteiger partial charge in [-0.25, -0.2) is 0 Å². The first-order valence-electron chi connectivity index (χ1n) is 7.93. The summed E-state index contributed by atoms with van der Waals surface area (Å²) in [5.41, 5.74) is 1.43. The van der Waals surface area contributed by atoms with Crippen LogP contribution in [0.1, 0.15) is 52.7 Å². The number of carbonyl (C=O) groups is 1. The Labute approximate surface area is 137 Å². The minimum atomic E-state index is 0. The van der Waals surface area contributed by atoms with E-state index in [4.69, 9.17) is 0 Å². The molecule has 1 aliphatic carbocycles. The van der Waals surface area contributed by atoms with Gasteiger partial charge in [0, 0.05) is 17.5 Å². The van der Waals surface area contributed by atoms with Crippen LogP contribution < -0.4 is 5.32 Å². The van der Waals surface area contributed by atoms with Gasteiger partial charge >= 0.3 is 0 Å². The van der Waals surface area contributed by atoms with E-state index in [1.807, 2.05) is 0 Å². The second-order valence-corrected chi connectivity index (χ2v) is 7.03. The topological polar surface area (TPSA) is 32.3 Å². The molecule has 1 aliphatic heterocycles. The zero-order chi connectivity index (χ0) is 13.9. The largest absolute Gasteiger partial charge is 0.335 e. The highest BCUT2D eigenvalue weighted by Gasteiger charge is 2.27. The fourth-order valence-corrected chi connectivity index (χ4v) is 4.59. The van der Waals surface area contributed by atoms with E-state index in [0.29, 0.717) is 6.04 Å². The van der Waals surface area contributed by atoms with Gasteiger partial charge in [-0.15, -0.1) is 23.7 Å². The Morgan fingerprint density at radius 1 is 1.38 bits per heavy atom. The zero-order valence-electron chi connectivity index (χ0n) is 12.7. The van der Waals surface area contributed by atoms with Crippen LogP contribution >= 0.6 is 23.7 Å². The summed E-state index contributed by atoms with van der Waals surface area (Å²) in [6.45, 7) is 5.14. The molecule has 0 aromatic carbocycles.